The highest BCUT2D eigenvalue weighted by Gasteiger charge is 2.47. The van der Waals surface area contributed by atoms with E-state index in [1.165, 1.54) is 4.90 Å². The number of benzene rings is 2. The molecule has 5 nitrogen and oxygen atoms in total. The minimum absolute atomic E-state index is 0.0560. The summed E-state index contributed by atoms with van der Waals surface area (Å²) in [4.78, 5) is 25.0. The van der Waals surface area contributed by atoms with Crippen LogP contribution in [0.4, 0.5) is 4.39 Å². The first-order chi connectivity index (χ1) is 11.9. The number of ether oxygens (including phenoxy) is 1. The summed E-state index contributed by atoms with van der Waals surface area (Å²) in [5.74, 6) is -1.03. The van der Waals surface area contributed by atoms with E-state index >= 15 is 0 Å². The molecule has 0 radical (unpaired) electrons. The largest absolute Gasteiger partial charge is 0.479 e. The number of halogens is 1. The highest BCUT2D eigenvalue weighted by Crippen LogP contribution is 2.31. The Labute approximate surface area is 144 Å². The summed E-state index contributed by atoms with van der Waals surface area (Å²) in [6, 6.07) is 14.1. The summed E-state index contributed by atoms with van der Waals surface area (Å²) in [6.45, 7) is 1.53. The monoisotopic (exact) mass is 343 g/mol. The number of alkyl halides is 1. The lowest BCUT2D eigenvalue weighted by atomic mass is 10.1. The van der Waals surface area contributed by atoms with Gasteiger partial charge in [-0.05, 0) is 36.8 Å². The molecule has 130 valence electrons. The number of nitrogens with zero attached hydrogens (tertiary/aromatic N) is 1. The normalized spacial score (nSPS) is 19.7. The van der Waals surface area contributed by atoms with E-state index in [9.17, 15) is 14.0 Å². The smallest absolute Gasteiger partial charge is 0.343 e. The SMILES string of the molecule is Cc1cccc(Oc2ccccc2C(=O)N2CCC(F)(C(=O)O)C2)c1. The molecule has 2 aromatic carbocycles. The molecule has 6 heteroatoms. The van der Waals surface area contributed by atoms with E-state index in [4.69, 9.17) is 9.84 Å². The highest BCUT2D eigenvalue weighted by atomic mass is 19.1. The van der Waals surface area contributed by atoms with Gasteiger partial charge in [-0.15, -0.1) is 0 Å². The number of rotatable bonds is 4. The Morgan fingerprint density at radius 1 is 1.20 bits per heavy atom. The quantitative estimate of drug-likeness (QED) is 0.924. The number of hydrogen-bond acceptors (Lipinski definition) is 3. The first kappa shape index (κ1) is 17.0. The van der Waals surface area contributed by atoms with E-state index in [2.05, 4.69) is 0 Å². The van der Waals surface area contributed by atoms with Crippen LogP contribution in [0.3, 0.4) is 0 Å². The van der Waals surface area contributed by atoms with Crippen molar-refractivity contribution in [2.75, 3.05) is 13.1 Å². The number of carboxylic acids is 1. The van der Waals surface area contributed by atoms with Crippen molar-refractivity contribution in [3.05, 3.63) is 59.7 Å². The maximum atomic E-state index is 14.2. The van der Waals surface area contributed by atoms with Crippen LogP contribution in [0.15, 0.2) is 48.5 Å². The molecule has 1 unspecified atom stereocenters. The van der Waals surface area contributed by atoms with Crippen LogP contribution in [0.2, 0.25) is 0 Å². The van der Waals surface area contributed by atoms with Crippen LogP contribution in [0.25, 0.3) is 0 Å². The predicted molar refractivity (Wildman–Crippen MR) is 89.7 cm³/mol. The van der Waals surface area contributed by atoms with Gasteiger partial charge in [0, 0.05) is 13.0 Å². The lowest BCUT2D eigenvalue weighted by Crippen LogP contribution is -2.39. The van der Waals surface area contributed by atoms with Gasteiger partial charge in [0.05, 0.1) is 12.1 Å². The number of hydrogen-bond donors (Lipinski definition) is 1. The van der Waals surface area contributed by atoms with Gasteiger partial charge in [0.25, 0.3) is 5.91 Å². The van der Waals surface area contributed by atoms with Crippen molar-refractivity contribution in [2.24, 2.45) is 0 Å². The molecule has 1 N–H and O–H groups in total. The lowest BCUT2D eigenvalue weighted by Gasteiger charge is -2.19. The van der Waals surface area contributed by atoms with Gasteiger partial charge >= 0.3 is 5.97 Å². The maximum Gasteiger partial charge on any atom is 0.343 e. The number of carbonyl (C=O) groups excluding carboxylic acids is 1. The van der Waals surface area contributed by atoms with Crippen molar-refractivity contribution in [2.45, 2.75) is 19.0 Å². The molecule has 1 amide bonds. The number of amides is 1. The molecule has 1 saturated heterocycles. The first-order valence-corrected chi connectivity index (χ1v) is 7.94. The summed E-state index contributed by atoms with van der Waals surface area (Å²) in [6.07, 6.45) is -0.213. The molecule has 3 rings (SSSR count). The molecule has 25 heavy (non-hydrogen) atoms. The third-order valence-corrected chi connectivity index (χ3v) is 4.22. The zero-order valence-electron chi connectivity index (χ0n) is 13.7. The van der Waals surface area contributed by atoms with Gasteiger partial charge in [-0.3, -0.25) is 4.79 Å². The Morgan fingerprint density at radius 2 is 1.96 bits per heavy atom. The van der Waals surface area contributed by atoms with E-state index in [0.29, 0.717) is 11.5 Å². The Kier molecular flexibility index (Phi) is 4.44. The summed E-state index contributed by atoms with van der Waals surface area (Å²) < 4.78 is 20.0. The molecule has 1 heterocycles. The Balaban J connectivity index is 1.83. The van der Waals surface area contributed by atoms with Crippen molar-refractivity contribution < 1.29 is 23.8 Å². The summed E-state index contributed by atoms with van der Waals surface area (Å²) in [5.41, 5.74) is -1.09. The second kappa shape index (κ2) is 6.55. The zero-order chi connectivity index (χ0) is 18.0. The molecule has 1 fully saturated rings. The molecule has 0 bridgehead atoms. The minimum atomic E-state index is -2.39. The molecule has 0 saturated carbocycles. The topological polar surface area (TPSA) is 66.8 Å². The van der Waals surface area contributed by atoms with Crippen molar-refractivity contribution in [1.29, 1.82) is 0 Å². The van der Waals surface area contributed by atoms with E-state index in [1.54, 1.807) is 30.3 Å². The molecular weight excluding hydrogens is 325 g/mol. The van der Waals surface area contributed by atoms with Gasteiger partial charge in [0.1, 0.15) is 11.5 Å². The third-order valence-electron chi connectivity index (χ3n) is 4.22. The van der Waals surface area contributed by atoms with Crippen LogP contribution in [0, 0.1) is 6.92 Å². The Hall–Kier alpha value is -2.89. The number of carbonyl (C=O) groups is 2. The average Bonchev–Trinajstić information content (AvgIpc) is 2.99. The summed E-state index contributed by atoms with van der Waals surface area (Å²) >= 11 is 0. The van der Waals surface area contributed by atoms with Crippen molar-refractivity contribution in [3.8, 4) is 11.5 Å². The van der Waals surface area contributed by atoms with Crippen LogP contribution in [-0.2, 0) is 4.79 Å². The van der Waals surface area contributed by atoms with Gasteiger partial charge < -0.3 is 14.7 Å². The zero-order valence-corrected chi connectivity index (χ0v) is 13.7. The van der Waals surface area contributed by atoms with Crippen LogP contribution in [0.5, 0.6) is 11.5 Å². The molecule has 1 atom stereocenters. The van der Waals surface area contributed by atoms with Gasteiger partial charge in [-0.1, -0.05) is 24.3 Å². The third kappa shape index (κ3) is 3.47. The molecule has 1 aliphatic rings. The average molecular weight is 343 g/mol. The molecule has 0 aliphatic carbocycles. The van der Waals surface area contributed by atoms with Gasteiger partial charge in [-0.2, -0.15) is 0 Å². The Morgan fingerprint density at radius 3 is 2.64 bits per heavy atom. The fraction of sp³-hybridized carbons (Fsp3) is 0.263. The first-order valence-electron chi connectivity index (χ1n) is 7.94. The van der Waals surface area contributed by atoms with Crippen LogP contribution >= 0.6 is 0 Å². The standard InChI is InChI=1S/C19H18FNO4/c1-13-5-4-6-14(11-13)25-16-8-3-2-7-15(16)17(22)21-10-9-19(20,12-21)18(23)24/h2-8,11H,9-10,12H2,1H3,(H,23,24). The van der Waals surface area contributed by atoms with E-state index in [-0.39, 0.29) is 18.5 Å². The highest BCUT2D eigenvalue weighted by molar-refractivity contribution is 5.98. The number of likely N-dealkylation sites (tertiary alicyclic amines) is 1. The van der Waals surface area contributed by atoms with Gasteiger partial charge in [-0.25, -0.2) is 9.18 Å². The fourth-order valence-corrected chi connectivity index (χ4v) is 2.83. The fourth-order valence-electron chi connectivity index (χ4n) is 2.83. The van der Waals surface area contributed by atoms with E-state index < -0.39 is 24.1 Å². The summed E-state index contributed by atoms with van der Waals surface area (Å²) in [5, 5.41) is 8.98. The van der Waals surface area contributed by atoms with Crippen LogP contribution < -0.4 is 4.74 Å². The van der Waals surface area contributed by atoms with Gasteiger partial charge in [0.2, 0.25) is 5.67 Å². The number of carboxylic acid groups (broad SMARTS) is 1. The molecule has 1 aliphatic heterocycles. The molecule has 0 aromatic heterocycles. The maximum absolute atomic E-state index is 14.2. The van der Waals surface area contributed by atoms with E-state index in [0.717, 1.165) is 5.56 Å². The minimum Gasteiger partial charge on any atom is -0.479 e. The van der Waals surface area contributed by atoms with E-state index in [1.807, 2.05) is 25.1 Å². The second-order valence-corrected chi connectivity index (χ2v) is 6.16. The van der Waals surface area contributed by atoms with Crippen LogP contribution in [0.1, 0.15) is 22.3 Å². The summed E-state index contributed by atoms with van der Waals surface area (Å²) in [7, 11) is 0. The van der Waals surface area contributed by atoms with Crippen molar-refractivity contribution in [3.63, 3.8) is 0 Å². The van der Waals surface area contributed by atoms with Crippen molar-refractivity contribution >= 4 is 11.9 Å². The molecular formula is C19H18FNO4. The second-order valence-electron chi connectivity index (χ2n) is 6.16. The van der Waals surface area contributed by atoms with Gasteiger partial charge in [0.15, 0.2) is 0 Å². The van der Waals surface area contributed by atoms with Crippen LogP contribution in [-0.4, -0.2) is 40.6 Å². The Bertz CT molecular complexity index is 823. The molecule has 0 spiro atoms. The molecule has 2 aromatic rings. The number of aryl methyl sites for hydroxylation is 1. The predicted octanol–water partition coefficient (Wildman–Crippen LogP) is 3.43. The lowest BCUT2D eigenvalue weighted by molar-refractivity contribution is -0.149. The van der Waals surface area contributed by atoms with Crippen molar-refractivity contribution in [1.82, 2.24) is 4.90 Å². The number of aliphatic carboxylic acids is 1. The number of para-hydroxylation sites is 1.